The average Bonchev–Trinajstić information content (AvgIpc) is 3.54. The van der Waals surface area contributed by atoms with Crippen LogP contribution in [-0.4, -0.2) is 96.7 Å². The molecule has 0 fully saturated rings. The lowest BCUT2D eigenvalue weighted by atomic mass is 10.00. The number of phosphoric ester groups is 2. The molecule has 0 rings (SSSR count). The first-order valence-electron chi connectivity index (χ1n) is 34.8. The summed E-state index contributed by atoms with van der Waals surface area (Å²) < 4.78 is 68.1. The Labute approximate surface area is 524 Å². The number of carbonyl (C=O) groups excluding carboxylic acids is 4. The van der Waals surface area contributed by atoms with E-state index in [4.69, 9.17) is 37.0 Å². The van der Waals surface area contributed by atoms with Crippen molar-refractivity contribution in [2.24, 2.45) is 23.7 Å². The van der Waals surface area contributed by atoms with Gasteiger partial charge in [0.1, 0.15) is 19.3 Å². The minimum absolute atomic E-state index is 0.101. The van der Waals surface area contributed by atoms with Gasteiger partial charge in [-0.3, -0.25) is 37.3 Å². The number of aliphatic hydroxyl groups excluding tert-OH is 1. The quantitative estimate of drug-likeness (QED) is 0.0222. The number of aliphatic hydroxyl groups is 1. The highest BCUT2D eigenvalue weighted by atomic mass is 31.2. The van der Waals surface area contributed by atoms with E-state index in [1.807, 2.05) is 0 Å². The number of phosphoric acid groups is 2. The van der Waals surface area contributed by atoms with Gasteiger partial charge in [-0.15, -0.1) is 0 Å². The summed E-state index contributed by atoms with van der Waals surface area (Å²) in [4.78, 5) is 72.3. The van der Waals surface area contributed by atoms with Crippen molar-refractivity contribution in [1.29, 1.82) is 0 Å². The SMILES string of the molecule is CCC(C)CCCCCCCCC(=O)OC[C@H](COP(=O)(O)OC[C@@H](O)COP(=O)(O)OC[C@@H](COC(=O)CCCCCCCCC(C)CC)OC(=O)CCCCCCCCC(C)CC)OC(=O)CCCCCCCCCCCCCCCC(C)C. The lowest BCUT2D eigenvalue weighted by molar-refractivity contribution is -0.161. The molecule has 3 N–H and O–H groups in total. The number of hydrogen-bond acceptors (Lipinski definition) is 15. The Kier molecular flexibility index (Phi) is 55.7. The maximum absolute atomic E-state index is 13.0. The standard InChI is InChI=1S/C67H130O17P2/c1-9-58(6)44-36-28-21-24-31-39-47-64(69)77-53-62(83-66(71)49-41-33-20-18-16-14-12-13-15-17-19-27-35-43-57(4)5)55-81-85(73,74)79-51-61(68)52-80-86(75,76)82-56-63(84-67(72)50-42-34-26-23-30-38-46-60(8)11-3)54-78-65(70)48-40-32-25-22-29-37-45-59(7)10-2/h57-63,68H,9-56H2,1-8H3,(H,73,74)(H,75,76)/t58?,59?,60?,61-,62-,63-/m1/s1. The van der Waals surface area contributed by atoms with Crippen molar-refractivity contribution in [2.75, 3.05) is 39.6 Å². The molecule has 0 saturated carbocycles. The van der Waals surface area contributed by atoms with Crippen LogP contribution in [0.4, 0.5) is 0 Å². The molecule has 19 heteroatoms. The van der Waals surface area contributed by atoms with Gasteiger partial charge in [0.2, 0.25) is 0 Å². The number of carbonyl (C=O) groups is 4. The molecule has 0 bridgehead atoms. The first kappa shape index (κ1) is 84.1. The van der Waals surface area contributed by atoms with Crippen LogP contribution in [0, 0.1) is 23.7 Å². The fraction of sp³-hybridized carbons (Fsp3) is 0.940. The maximum atomic E-state index is 13.0. The summed E-state index contributed by atoms with van der Waals surface area (Å²) in [7, 11) is -9.90. The van der Waals surface area contributed by atoms with Crippen molar-refractivity contribution in [3.63, 3.8) is 0 Å². The Morgan fingerprint density at radius 3 is 0.826 bits per heavy atom. The Morgan fingerprint density at radius 2 is 0.558 bits per heavy atom. The highest BCUT2D eigenvalue weighted by Crippen LogP contribution is 2.45. The topological polar surface area (TPSA) is 237 Å². The fourth-order valence-electron chi connectivity index (χ4n) is 9.86. The number of ether oxygens (including phenoxy) is 4. The van der Waals surface area contributed by atoms with E-state index in [0.717, 1.165) is 126 Å². The maximum Gasteiger partial charge on any atom is 0.472 e. The minimum Gasteiger partial charge on any atom is -0.462 e. The third-order valence-electron chi connectivity index (χ3n) is 16.4. The first-order valence-corrected chi connectivity index (χ1v) is 37.8. The van der Waals surface area contributed by atoms with E-state index < -0.39 is 97.5 Å². The third kappa shape index (κ3) is 57.2. The lowest BCUT2D eigenvalue weighted by Gasteiger charge is -2.21. The molecule has 0 radical (unpaired) electrons. The van der Waals surface area contributed by atoms with Crippen LogP contribution in [-0.2, 0) is 65.4 Å². The smallest absolute Gasteiger partial charge is 0.462 e. The predicted molar refractivity (Wildman–Crippen MR) is 344 cm³/mol. The van der Waals surface area contributed by atoms with Gasteiger partial charge in [-0.25, -0.2) is 9.13 Å². The molecule has 86 heavy (non-hydrogen) atoms. The van der Waals surface area contributed by atoms with E-state index in [0.29, 0.717) is 25.7 Å². The predicted octanol–water partition coefficient (Wildman–Crippen LogP) is 18.5. The molecular weight excluding hydrogens is 1140 g/mol. The van der Waals surface area contributed by atoms with Gasteiger partial charge in [-0.05, 0) is 49.4 Å². The van der Waals surface area contributed by atoms with E-state index in [-0.39, 0.29) is 25.7 Å². The summed E-state index contributed by atoms with van der Waals surface area (Å²) in [5, 5.41) is 10.6. The van der Waals surface area contributed by atoms with Crippen LogP contribution in [0.5, 0.6) is 0 Å². The first-order chi connectivity index (χ1) is 41.2. The van der Waals surface area contributed by atoms with Crippen LogP contribution < -0.4 is 0 Å². The molecule has 0 aromatic heterocycles. The summed E-state index contributed by atoms with van der Waals surface area (Å²) in [6, 6.07) is 0. The highest BCUT2D eigenvalue weighted by Gasteiger charge is 2.30. The molecule has 0 aliphatic carbocycles. The fourth-order valence-corrected chi connectivity index (χ4v) is 11.4. The van der Waals surface area contributed by atoms with E-state index in [9.17, 15) is 43.2 Å². The molecule has 5 unspecified atom stereocenters. The largest absolute Gasteiger partial charge is 0.472 e. The molecule has 0 aromatic rings. The number of unbranched alkanes of at least 4 members (excludes halogenated alkanes) is 27. The molecular formula is C67H130O17P2. The summed E-state index contributed by atoms with van der Waals surface area (Å²) in [6.07, 6.45) is 37.7. The van der Waals surface area contributed by atoms with Crippen LogP contribution in [0.1, 0.15) is 325 Å². The molecule has 17 nitrogen and oxygen atoms in total. The summed E-state index contributed by atoms with van der Waals surface area (Å²) in [5.41, 5.74) is 0. The van der Waals surface area contributed by atoms with Gasteiger partial charge in [-0.1, -0.05) is 274 Å². The second kappa shape index (κ2) is 57.0. The van der Waals surface area contributed by atoms with Gasteiger partial charge < -0.3 is 33.8 Å². The highest BCUT2D eigenvalue weighted by molar-refractivity contribution is 7.47. The van der Waals surface area contributed by atoms with Gasteiger partial charge >= 0.3 is 39.5 Å². The van der Waals surface area contributed by atoms with Crippen LogP contribution in [0.25, 0.3) is 0 Å². The van der Waals surface area contributed by atoms with E-state index in [2.05, 4.69) is 55.4 Å². The number of esters is 4. The van der Waals surface area contributed by atoms with Crippen molar-refractivity contribution in [3.05, 3.63) is 0 Å². The van der Waals surface area contributed by atoms with Crippen molar-refractivity contribution in [1.82, 2.24) is 0 Å². The van der Waals surface area contributed by atoms with E-state index in [1.165, 1.54) is 116 Å². The van der Waals surface area contributed by atoms with E-state index in [1.54, 1.807) is 0 Å². The number of rotatable bonds is 64. The van der Waals surface area contributed by atoms with Crippen LogP contribution in [0.2, 0.25) is 0 Å². The molecule has 510 valence electrons. The van der Waals surface area contributed by atoms with Gasteiger partial charge in [0.15, 0.2) is 12.2 Å². The number of hydrogen-bond donors (Lipinski definition) is 3. The Hall–Kier alpha value is -1.94. The Bertz CT molecular complexity index is 1720. The van der Waals surface area contributed by atoms with Gasteiger partial charge in [0.05, 0.1) is 26.4 Å². The van der Waals surface area contributed by atoms with Crippen LogP contribution in [0.15, 0.2) is 0 Å². The molecule has 0 heterocycles. The molecule has 0 spiro atoms. The van der Waals surface area contributed by atoms with Crippen molar-refractivity contribution in [3.8, 4) is 0 Å². The molecule has 0 amide bonds. The van der Waals surface area contributed by atoms with E-state index >= 15 is 0 Å². The summed E-state index contributed by atoms with van der Waals surface area (Å²) in [5.74, 6) is 0.830. The zero-order valence-corrected chi connectivity index (χ0v) is 57.7. The third-order valence-corrected chi connectivity index (χ3v) is 18.3. The molecule has 0 aliphatic heterocycles. The summed E-state index contributed by atoms with van der Waals surface area (Å²) >= 11 is 0. The van der Waals surface area contributed by atoms with Crippen LogP contribution in [0.3, 0.4) is 0 Å². The lowest BCUT2D eigenvalue weighted by Crippen LogP contribution is -2.30. The van der Waals surface area contributed by atoms with Crippen molar-refractivity contribution in [2.45, 2.75) is 343 Å². The zero-order chi connectivity index (χ0) is 63.9. The second-order valence-electron chi connectivity index (χ2n) is 25.4. The summed E-state index contributed by atoms with van der Waals surface area (Å²) in [6.45, 7) is 14.0. The monoisotopic (exact) mass is 1270 g/mol. The normalized spacial score (nSPS) is 15.3. The molecule has 0 aliphatic rings. The Morgan fingerprint density at radius 1 is 0.326 bits per heavy atom. The van der Waals surface area contributed by atoms with Gasteiger partial charge in [-0.2, -0.15) is 0 Å². The molecule has 0 saturated heterocycles. The van der Waals surface area contributed by atoms with Gasteiger partial charge in [0, 0.05) is 25.7 Å². The van der Waals surface area contributed by atoms with Crippen molar-refractivity contribution >= 4 is 39.5 Å². The van der Waals surface area contributed by atoms with Gasteiger partial charge in [0.25, 0.3) is 0 Å². The minimum atomic E-state index is -4.95. The second-order valence-corrected chi connectivity index (χ2v) is 28.3. The average molecular weight is 1270 g/mol. The van der Waals surface area contributed by atoms with Crippen LogP contribution >= 0.6 is 15.6 Å². The molecule has 0 aromatic carbocycles. The molecule has 8 atom stereocenters. The Balaban J connectivity index is 5.25. The van der Waals surface area contributed by atoms with Crippen molar-refractivity contribution < 1.29 is 80.2 Å². The zero-order valence-electron chi connectivity index (χ0n) is 55.9.